The van der Waals surface area contributed by atoms with E-state index in [2.05, 4.69) is 5.32 Å². The molecule has 0 aromatic heterocycles. The smallest absolute Gasteiger partial charge is 0.240 e. The molecule has 1 heterocycles. The Hall–Kier alpha value is -1.14. The Morgan fingerprint density at radius 3 is 2.65 bits per heavy atom. The molecule has 6 nitrogen and oxygen atoms in total. The number of carbonyl (C=O) groups is 2. The second kappa shape index (κ2) is 5.46. The van der Waals surface area contributed by atoms with E-state index in [0.29, 0.717) is 19.5 Å². The van der Waals surface area contributed by atoms with Crippen LogP contribution in [0.25, 0.3) is 0 Å². The summed E-state index contributed by atoms with van der Waals surface area (Å²) in [6.45, 7) is 5.09. The molecule has 2 amide bonds. The van der Waals surface area contributed by atoms with Crippen LogP contribution in [0.15, 0.2) is 0 Å². The third-order valence-electron chi connectivity index (χ3n) is 3.13. The summed E-state index contributed by atoms with van der Waals surface area (Å²) in [5.41, 5.74) is 10.5. The monoisotopic (exact) mass is 242 g/mol. The highest BCUT2D eigenvalue weighted by molar-refractivity contribution is 5.88. The number of rotatable bonds is 5. The van der Waals surface area contributed by atoms with Crippen LogP contribution in [0.1, 0.15) is 26.7 Å². The lowest BCUT2D eigenvalue weighted by molar-refractivity contribution is -0.136. The van der Waals surface area contributed by atoms with Gasteiger partial charge in [0.1, 0.15) is 6.04 Å². The standard InChI is InChI=1S/C11H22N4O2/c1-11(2,7-12)14-6-9(16)15-5-3-4-8(15)10(13)17/h8,14H,3-7,12H2,1-2H3,(H2,13,17)/t8-/m0/s1. The number of nitrogens with one attached hydrogen (secondary N) is 1. The third kappa shape index (κ3) is 3.67. The molecule has 1 atom stereocenters. The van der Waals surface area contributed by atoms with Gasteiger partial charge in [-0.2, -0.15) is 0 Å². The van der Waals surface area contributed by atoms with Crippen molar-refractivity contribution < 1.29 is 9.59 Å². The molecule has 1 fully saturated rings. The predicted octanol–water partition coefficient (Wildman–Crippen LogP) is -1.21. The van der Waals surface area contributed by atoms with Crippen molar-refractivity contribution in [2.24, 2.45) is 11.5 Å². The van der Waals surface area contributed by atoms with Crippen LogP contribution in [0.5, 0.6) is 0 Å². The molecular formula is C11H22N4O2. The quantitative estimate of drug-likeness (QED) is 0.563. The number of nitrogens with two attached hydrogens (primary N) is 2. The lowest BCUT2D eigenvalue weighted by Gasteiger charge is -2.27. The minimum Gasteiger partial charge on any atom is -0.368 e. The van der Waals surface area contributed by atoms with Crippen molar-refractivity contribution in [2.75, 3.05) is 19.6 Å². The van der Waals surface area contributed by atoms with Crippen LogP contribution >= 0.6 is 0 Å². The van der Waals surface area contributed by atoms with Crippen LogP contribution in [-0.2, 0) is 9.59 Å². The minimum absolute atomic E-state index is 0.0900. The van der Waals surface area contributed by atoms with Crippen LogP contribution < -0.4 is 16.8 Å². The molecular weight excluding hydrogens is 220 g/mol. The normalized spacial score (nSPS) is 20.6. The second-order valence-electron chi connectivity index (χ2n) is 5.09. The number of hydrogen-bond acceptors (Lipinski definition) is 4. The van der Waals surface area contributed by atoms with Gasteiger partial charge in [0.05, 0.1) is 6.54 Å². The summed E-state index contributed by atoms with van der Waals surface area (Å²) >= 11 is 0. The van der Waals surface area contributed by atoms with Crippen LogP contribution in [0.4, 0.5) is 0 Å². The molecule has 0 radical (unpaired) electrons. The van der Waals surface area contributed by atoms with E-state index in [-0.39, 0.29) is 18.0 Å². The highest BCUT2D eigenvalue weighted by Gasteiger charge is 2.32. The molecule has 1 aliphatic heterocycles. The van der Waals surface area contributed by atoms with E-state index in [4.69, 9.17) is 11.5 Å². The fraction of sp³-hybridized carbons (Fsp3) is 0.818. The number of nitrogens with zero attached hydrogens (tertiary/aromatic N) is 1. The Kier molecular flexibility index (Phi) is 4.47. The Labute approximate surface area is 102 Å². The zero-order valence-corrected chi connectivity index (χ0v) is 10.5. The summed E-state index contributed by atoms with van der Waals surface area (Å²) in [5, 5.41) is 3.08. The first kappa shape index (κ1) is 13.9. The van der Waals surface area contributed by atoms with Crippen LogP contribution in [-0.4, -0.2) is 47.9 Å². The molecule has 0 aromatic rings. The van der Waals surface area contributed by atoms with Crippen molar-refractivity contribution in [3.8, 4) is 0 Å². The van der Waals surface area contributed by atoms with Gasteiger partial charge >= 0.3 is 0 Å². The van der Waals surface area contributed by atoms with E-state index in [0.717, 1.165) is 6.42 Å². The number of primary amides is 1. The number of hydrogen-bond donors (Lipinski definition) is 3. The fourth-order valence-electron chi connectivity index (χ4n) is 1.85. The summed E-state index contributed by atoms with van der Waals surface area (Å²) in [6.07, 6.45) is 1.50. The van der Waals surface area contributed by atoms with Gasteiger partial charge in [0.2, 0.25) is 11.8 Å². The molecule has 0 unspecified atom stereocenters. The predicted molar refractivity (Wildman–Crippen MR) is 65.1 cm³/mol. The average Bonchev–Trinajstić information content (AvgIpc) is 2.75. The SMILES string of the molecule is CC(C)(CN)NCC(=O)N1CCC[C@H]1C(N)=O. The molecule has 1 saturated heterocycles. The van der Waals surface area contributed by atoms with E-state index >= 15 is 0 Å². The molecule has 1 aliphatic rings. The van der Waals surface area contributed by atoms with Gasteiger partial charge in [-0.3, -0.25) is 9.59 Å². The van der Waals surface area contributed by atoms with E-state index in [1.54, 1.807) is 4.90 Å². The number of likely N-dealkylation sites (tertiary alicyclic amines) is 1. The first-order chi connectivity index (χ1) is 7.87. The topological polar surface area (TPSA) is 101 Å². The van der Waals surface area contributed by atoms with Gasteiger partial charge in [0.15, 0.2) is 0 Å². The largest absolute Gasteiger partial charge is 0.368 e. The maximum Gasteiger partial charge on any atom is 0.240 e. The lowest BCUT2D eigenvalue weighted by atomic mass is 10.1. The van der Waals surface area contributed by atoms with Crippen molar-refractivity contribution in [3.63, 3.8) is 0 Å². The Morgan fingerprint density at radius 2 is 2.12 bits per heavy atom. The Morgan fingerprint density at radius 1 is 1.47 bits per heavy atom. The Balaban J connectivity index is 2.50. The number of carbonyl (C=O) groups excluding carboxylic acids is 2. The molecule has 98 valence electrons. The van der Waals surface area contributed by atoms with Gasteiger partial charge in [-0.05, 0) is 26.7 Å². The third-order valence-corrected chi connectivity index (χ3v) is 3.13. The first-order valence-corrected chi connectivity index (χ1v) is 5.91. The minimum atomic E-state index is -0.440. The van der Waals surface area contributed by atoms with Gasteiger partial charge in [0.25, 0.3) is 0 Å². The zero-order chi connectivity index (χ0) is 13.1. The lowest BCUT2D eigenvalue weighted by Crippen LogP contribution is -2.52. The fourth-order valence-corrected chi connectivity index (χ4v) is 1.85. The van der Waals surface area contributed by atoms with Crippen molar-refractivity contribution in [2.45, 2.75) is 38.3 Å². The average molecular weight is 242 g/mol. The molecule has 0 bridgehead atoms. The highest BCUT2D eigenvalue weighted by atomic mass is 16.2. The molecule has 0 spiro atoms. The second-order valence-corrected chi connectivity index (χ2v) is 5.09. The molecule has 17 heavy (non-hydrogen) atoms. The first-order valence-electron chi connectivity index (χ1n) is 5.91. The van der Waals surface area contributed by atoms with E-state index < -0.39 is 11.9 Å². The van der Waals surface area contributed by atoms with Gasteiger partial charge in [0, 0.05) is 18.6 Å². The number of amides is 2. The molecule has 0 saturated carbocycles. The molecule has 0 aromatic carbocycles. The van der Waals surface area contributed by atoms with Gasteiger partial charge in [-0.1, -0.05) is 0 Å². The summed E-state index contributed by atoms with van der Waals surface area (Å²) in [4.78, 5) is 24.7. The summed E-state index contributed by atoms with van der Waals surface area (Å²) in [7, 11) is 0. The molecule has 6 heteroatoms. The van der Waals surface area contributed by atoms with Crippen molar-refractivity contribution in [1.82, 2.24) is 10.2 Å². The van der Waals surface area contributed by atoms with Crippen LogP contribution in [0, 0.1) is 0 Å². The van der Waals surface area contributed by atoms with Crippen molar-refractivity contribution in [1.29, 1.82) is 0 Å². The van der Waals surface area contributed by atoms with E-state index in [1.165, 1.54) is 0 Å². The molecule has 5 N–H and O–H groups in total. The summed E-state index contributed by atoms with van der Waals surface area (Å²) in [6, 6.07) is -0.440. The summed E-state index contributed by atoms with van der Waals surface area (Å²) < 4.78 is 0. The summed E-state index contributed by atoms with van der Waals surface area (Å²) in [5.74, 6) is -0.512. The highest BCUT2D eigenvalue weighted by Crippen LogP contribution is 2.16. The molecule has 0 aliphatic carbocycles. The van der Waals surface area contributed by atoms with Gasteiger partial charge < -0.3 is 21.7 Å². The zero-order valence-electron chi connectivity index (χ0n) is 10.5. The van der Waals surface area contributed by atoms with Gasteiger partial charge in [-0.25, -0.2) is 0 Å². The molecule has 1 rings (SSSR count). The van der Waals surface area contributed by atoms with Crippen molar-refractivity contribution in [3.05, 3.63) is 0 Å². The van der Waals surface area contributed by atoms with Crippen LogP contribution in [0.3, 0.4) is 0 Å². The van der Waals surface area contributed by atoms with Crippen molar-refractivity contribution >= 4 is 11.8 Å². The Bertz CT molecular complexity index is 304. The maximum absolute atomic E-state index is 11.9. The van der Waals surface area contributed by atoms with Crippen LogP contribution in [0.2, 0.25) is 0 Å². The van der Waals surface area contributed by atoms with E-state index in [9.17, 15) is 9.59 Å². The van der Waals surface area contributed by atoms with E-state index in [1.807, 2.05) is 13.8 Å². The van der Waals surface area contributed by atoms with Gasteiger partial charge in [-0.15, -0.1) is 0 Å². The maximum atomic E-state index is 11.9.